The molecule has 0 unspecified atom stereocenters. The van der Waals surface area contributed by atoms with Crippen LogP contribution in [0.4, 0.5) is 5.69 Å². The predicted octanol–water partition coefficient (Wildman–Crippen LogP) is 2.53. The summed E-state index contributed by atoms with van der Waals surface area (Å²) < 4.78 is 5.47. The molecule has 5 heteroatoms. The van der Waals surface area contributed by atoms with Crippen LogP contribution in [0.5, 0.6) is 0 Å². The smallest absolute Gasteiger partial charge is 0.227 e. The van der Waals surface area contributed by atoms with Gasteiger partial charge in [-0.2, -0.15) is 0 Å². The zero-order chi connectivity index (χ0) is 14.8. The summed E-state index contributed by atoms with van der Waals surface area (Å²) >= 11 is 4.96. The molecule has 0 aromatic heterocycles. The fourth-order valence-electron chi connectivity index (χ4n) is 2.42. The first-order valence-corrected chi connectivity index (χ1v) is 7.12. The van der Waals surface area contributed by atoms with Gasteiger partial charge in [-0.25, -0.2) is 0 Å². The first kappa shape index (κ1) is 14.9. The molecule has 1 fully saturated rings. The van der Waals surface area contributed by atoms with Crippen LogP contribution in [0.25, 0.3) is 0 Å². The van der Waals surface area contributed by atoms with Gasteiger partial charge in [-0.05, 0) is 37.8 Å². The predicted molar refractivity (Wildman–Crippen MR) is 83.9 cm³/mol. The molecule has 2 rings (SSSR count). The number of nitrogens with two attached hydrogens (primary N) is 1. The molecule has 3 N–H and O–H groups in total. The summed E-state index contributed by atoms with van der Waals surface area (Å²) in [5.41, 5.74) is 7.85. The average Bonchev–Trinajstić information content (AvgIpc) is 2.36. The third kappa shape index (κ3) is 3.16. The minimum atomic E-state index is -0.265. The van der Waals surface area contributed by atoms with Crippen LogP contribution in [-0.2, 0) is 9.53 Å². The van der Waals surface area contributed by atoms with Crippen molar-refractivity contribution >= 4 is 28.8 Å². The van der Waals surface area contributed by atoms with E-state index in [2.05, 4.69) is 5.32 Å². The number of thiocarbonyl (C=S) groups is 1. The van der Waals surface area contributed by atoms with Gasteiger partial charge in [0.2, 0.25) is 5.91 Å². The average molecular weight is 292 g/mol. The van der Waals surface area contributed by atoms with Crippen LogP contribution in [0.3, 0.4) is 0 Å². The molecule has 1 aromatic carbocycles. The summed E-state index contributed by atoms with van der Waals surface area (Å²) in [4.78, 5) is 12.5. The highest BCUT2D eigenvalue weighted by Crippen LogP contribution is 2.38. The molecule has 1 amide bonds. The Kier molecular flexibility index (Phi) is 4.40. The van der Waals surface area contributed by atoms with E-state index in [-0.39, 0.29) is 11.5 Å². The molecule has 0 atom stereocenters. The number of anilines is 1. The Hall–Kier alpha value is -1.46. The second-order valence-corrected chi connectivity index (χ2v) is 5.80. The van der Waals surface area contributed by atoms with Crippen molar-refractivity contribution in [3.8, 4) is 0 Å². The van der Waals surface area contributed by atoms with Gasteiger partial charge in [0, 0.05) is 18.4 Å². The molecule has 1 aliphatic carbocycles. The Morgan fingerprint density at radius 3 is 2.70 bits per heavy atom. The van der Waals surface area contributed by atoms with Crippen LogP contribution in [0, 0.1) is 6.92 Å². The topological polar surface area (TPSA) is 64.3 Å². The van der Waals surface area contributed by atoms with Gasteiger partial charge >= 0.3 is 0 Å². The highest BCUT2D eigenvalue weighted by molar-refractivity contribution is 7.80. The molecule has 1 aromatic rings. The quantitative estimate of drug-likeness (QED) is 0.819. The molecule has 0 radical (unpaired) electrons. The zero-order valence-electron chi connectivity index (χ0n) is 11.9. The van der Waals surface area contributed by atoms with Crippen LogP contribution in [0.15, 0.2) is 18.2 Å². The number of methoxy groups -OCH3 is 1. The molecule has 1 saturated carbocycles. The standard InChI is InChI=1S/C15H20N2O2S/c1-10-4-5-11(14(16)20)8-12(10)17-13(18)9-15(19-2)6-3-7-15/h4-5,8H,3,6-7,9H2,1-2H3,(H2,16,20)(H,17,18). The lowest BCUT2D eigenvalue weighted by molar-refractivity contribution is -0.129. The fraction of sp³-hybridized carbons (Fsp3) is 0.467. The molecule has 0 bridgehead atoms. The number of nitrogens with one attached hydrogen (secondary N) is 1. The van der Waals surface area contributed by atoms with E-state index in [1.54, 1.807) is 7.11 Å². The van der Waals surface area contributed by atoms with E-state index >= 15 is 0 Å². The number of carbonyl (C=O) groups excluding carboxylic acids is 1. The van der Waals surface area contributed by atoms with Crippen molar-refractivity contribution in [2.24, 2.45) is 5.73 Å². The Morgan fingerprint density at radius 2 is 2.20 bits per heavy atom. The second-order valence-electron chi connectivity index (χ2n) is 5.36. The van der Waals surface area contributed by atoms with E-state index in [9.17, 15) is 4.79 Å². The van der Waals surface area contributed by atoms with Crippen LogP contribution in [0.2, 0.25) is 0 Å². The molecule has 0 aliphatic heterocycles. The Bertz CT molecular complexity index is 533. The highest BCUT2D eigenvalue weighted by Gasteiger charge is 2.39. The number of carbonyl (C=O) groups is 1. The molecular formula is C15H20N2O2S. The summed E-state index contributed by atoms with van der Waals surface area (Å²) in [6.45, 7) is 1.94. The minimum Gasteiger partial charge on any atom is -0.389 e. The van der Waals surface area contributed by atoms with Gasteiger partial charge in [0.1, 0.15) is 4.99 Å². The van der Waals surface area contributed by atoms with Crippen molar-refractivity contribution in [2.75, 3.05) is 12.4 Å². The van der Waals surface area contributed by atoms with E-state index in [1.807, 2.05) is 25.1 Å². The summed E-state index contributed by atoms with van der Waals surface area (Å²) in [6.07, 6.45) is 3.41. The fourth-order valence-corrected chi connectivity index (χ4v) is 2.55. The lowest BCUT2D eigenvalue weighted by Crippen LogP contribution is -2.42. The van der Waals surface area contributed by atoms with Crippen LogP contribution in [-0.4, -0.2) is 23.6 Å². The third-order valence-electron chi connectivity index (χ3n) is 3.98. The monoisotopic (exact) mass is 292 g/mol. The number of aryl methyl sites for hydroxylation is 1. The first-order chi connectivity index (χ1) is 9.46. The van der Waals surface area contributed by atoms with Gasteiger partial charge in [-0.3, -0.25) is 4.79 Å². The van der Waals surface area contributed by atoms with E-state index in [4.69, 9.17) is 22.7 Å². The van der Waals surface area contributed by atoms with Gasteiger partial charge in [0.25, 0.3) is 0 Å². The zero-order valence-corrected chi connectivity index (χ0v) is 12.7. The molecule has 4 nitrogen and oxygen atoms in total. The van der Waals surface area contributed by atoms with Crippen molar-refractivity contribution in [3.05, 3.63) is 29.3 Å². The van der Waals surface area contributed by atoms with Crippen molar-refractivity contribution in [2.45, 2.75) is 38.2 Å². The van der Waals surface area contributed by atoms with Gasteiger partial charge < -0.3 is 15.8 Å². The van der Waals surface area contributed by atoms with Crippen molar-refractivity contribution in [1.29, 1.82) is 0 Å². The maximum Gasteiger partial charge on any atom is 0.227 e. The highest BCUT2D eigenvalue weighted by atomic mass is 32.1. The van der Waals surface area contributed by atoms with E-state index in [1.165, 1.54) is 0 Å². The number of amides is 1. The maximum atomic E-state index is 12.2. The summed E-state index contributed by atoms with van der Waals surface area (Å²) in [6, 6.07) is 5.57. The molecule has 0 saturated heterocycles. The van der Waals surface area contributed by atoms with E-state index in [0.29, 0.717) is 11.4 Å². The second kappa shape index (κ2) is 5.89. The number of benzene rings is 1. The number of hydrogen-bond donors (Lipinski definition) is 2. The number of hydrogen-bond acceptors (Lipinski definition) is 3. The number of rotatable bonds is 5. The first-order valence-electron chi connectivity index (χ1n) is 6.71. The van der Waals surface area contributed by atoms with E-state index in [0.717, 1.165) is 36.1 Å². The maximum absolute atomic E-state index is 12.2. The largest absolute Gasteiger partial charge is 0.389 e. The Balaban J connectivity index is 2.07. The Morgan fingerprint density at radius 1 is 1.50 bits per heavy atom. The van der Waals surface area contributed by atoms with Gasteiger partial charge in [0.15, 0.2) is 0 Å². The summed E-state index contributed by atoms with van der Waals surface area (Å²) in [7, 11) is 1.67. The Labute approximate surface area is 124 Å². The van der Waals surface area contributed by atoms with Gasteiger partial charge in [0.05, 0.1) is 12.0 Å². The van der Waals surface area contributed by atoms with Crippen molar-refractivity contribution in [1.82, 2.24) is 0 Å². The van der Waals surface area contributed by atoms with Gasteiger partial charge in [-0.15, -0.1) is 0 Å². The molecule has 1 aliphatic rings. The summed E-state index contributed by atoms with van der Waals surface area (Å²) in [5.74, 6) is -0.0326. The number of ether oxygens (including phenoxy) is 1. The van der Waals surface area contributed by atoms with Gasteiger partial charge in [-0.1, -0.05) is 24.4 Å². The van der Waals surface area contributed by atoms with Crippen LogP contribution < -0.4 is 11.1 Å². The molecule has 0 spiro atoms. The SMILES string of the molecule is COC1(CC(=O)Nc2cc(C(N)=S)ccc2C)CCC1. The van der Waals surface area contributed by atoms with Crippen LogP contribution >= 0.6 is 12.2 Å². The van der Waals surface area contributed by atoms with E-state index < -0.39 is 0 Å². The van der Waals surface area contributed by atoms with Crippen molar-refractivity contribution < 1.29 is 9.53 Å². The molecule has 20 heavy (non-hydrogen) atoms. The lowest BCUT2D eigenvalue weighted by Gasteiger charge is -2.39. The molecule has 108 valence electrons. The summed E-state index contributed by atoms with van der Waals surface area (Å²) in [5, 5.41) is 2.93. The normalized spacial score (nSPS) is 16.3. The molecular weight excluding hydrogens is 272 g/mol. The van der Waals surface area contributed by atoms with Crippen molar-refractivity contribution in [3.63, 3.8) is 0 Å². The lowest BCUT2D eigenvalue weighted by atomic mass is 9.77. The minimum absolute atomic E-state index is 0.0326. The van der Waals surface area contributed by atoms with Crippen LogP contribution in [0.1, 0.15) is 36.8 Å². The third-order valence-corrected chi connectivity index (χ3v) is 4.21. The molecule has 0 heterocycles.